The fourth-order valence-electron chi connectivity index (χ4n) is 1.68. The Morgan fingerprint density at radius 3 is 2.82 bits per heavy atom. The van der Waals surface area contributed by atoms with E-state index in [4.69, 9.17) is 0 Å². The number of phenolic OH excluding ortho intramolecular Hbond substituents is 1. The lowest BCUT2D eigenvalue weighted by Gasteiger charge is -2.05. The van der Waals surface area contributed by atoms with E-state index in [1.165, 1.54) is 17.8 Å². The lowest BCUT2D eigenvalue weighted by molar-refractivity contribution is 0.0948. The molecule has 2 rings (SSSR count). The number of aromatic hydroxyl groups is 1. The zero-order valence-electron chi connectivity index (χ0n) is 12.0. The number of benzene rings is 1. The van der Waals surface area contributed by atoms with Crippen LogP contribution in [0.3, 0.4) is 0 Å². The third-order valence-corrected chi connectivity index (χ3v) is 3.34. The molecule has 22 heavy (non-hydrogen) atoms. The number of nitrogens with one attached hydrogen (secondary N) is 2. The molecule has 0 atom stereocenters. The van der Waals surface area contributed by atoms with E-state index in [0.29, 0.717) is 16.4 Å². The van der Waals surface area contributed by atoms with Gasteiger partial charge >= 0.3 is 0 Å². The number of hydrogen-bond acceptors (Lipinski definition) is 6. The van der Waals surface area contributed by atoms with Crippen molar-refractivity contribution in [3.63, 3.8) is 0 Å². The molecule has 0 fully saturated rings. The second-order valence-corrected chi connectivity index (χ2v) is 5.09. The SMILES string of the molecule is CSc1nc(C(=O)N/N=C(\C)c2ccccc2O)cc(=O)[nH]1. The first-order chi connectivity index (χ1) is 10.5. The molecule has 1 amide bonds. The summed E-state index contributed by atoms with van der Waals surface area (Å²) in [6.07, 6.45) is 1.74. The maximum absolute atomic E-state index is 12.0. The van der Waals surface area contributed by atoms with Crippen LogP contribution < -0.4 is 11.0 Å². The van der Waals surface area contributed by atoms with Crippen LogP contribution in [0.15, 0.2) is 45.4 Å². The topological polar surface area (TPSA) is 107 Å². The zero-order chi connectivity index (χ0) is 16.1. The smallest absolute Gasteiger partial charge is 0.290 e. The highest BCUT2D eigenvalue weighted by atomic mass is 32.2. The largest absolute Gasteiger partial charge is 0.507 e. The summed E-state index contributed by atoms with van der Waals surface area (Å²) in [5.74, 6) is -0.534. The van der Waals surface area contributed by atoms with Gasteiger partial charge in [0, 0.05) is 11.6 Å². The van der Waals surface area contributed by atoms with Gasteiger partial charge in [-0.25, -0.2) is 10.4 Å². The molecule has 8 heteroatoms. The van der Waals surface area contributed by atoms with Gasteiger partial charge in [0.15, 0.2) is 5.16 Å². The Hall–Kier alpha value is -2.61. The maximum atomic E-state index is 12.0. The van der Waals surface area contributed by atoms with Crippen LogP contribution in [0, 0.1) is 0 Å². The van der Waals surface area contributed by atoms with Gasteiger partial charge in [-0.3, -0.25) is 9.59 Å². The first-order valence-electron chi connectivity index (χ1n) is 6.29. The van der Waals surface area contributed by atoms with Crippen molar-refractivity contribution in [3.8, 4) is 5.75 Å². The number of aromatic nitrogens is 2. The molecule has 1 heterocycles. The van der Waals surface area contributed by atoms with Gasteiger partial charge in [-0.05, 0) is 25.3 Å². The van der Waals surface area contributed by atoms with Gasteiger partial charge in [0.05, 0.1) is 5.71 Å². The highest BCUT2D eigenvalue weighted by Crippen LogP contribution is 2.16. The first-order valence-corrected chi connectivity index (χ1v) is 7.52. The zero-order valence-corrected chi connectivity index (χ0v) is 12.8. The number of H-pyrrole nitrogens is 1. The first kappa shape index (κ1) is 15.8. The van der Waals surface area contributed by atoms with E-state index < -0.39 is 11.5 Å². The monoisotopic (exact) mass is 318 g/mol. The minimum absolute atomic E-state index is 0.0260. The Morgan fingerprint density at radius 2 is 2.14 bits per heavy atom. The molecular weight excluding hydrogens is 304 g/mol. The summed E-state index contributed by atoms with van der Waals surface area (Å²) in [5.41, 5.74) is 2.82. The van der Waals surface area contributed by atoms with Gasteiger partial charge in [-0.15, -0.1) is 0 Å². The molecular formula is C14H14N4O3S. The molecule has 0 saturated carbocycles. The maximum Gasteiger partial charge on any atom is 0.290 e. The molecule has 0 aliphatic carbocycles. The van der Waals surface area contributed by atoms with Crippen molar-refractivity contribution in [2.45, 2.75) is 12.1 Å². The number of rotatable bonds is 4. The molecule has 0 bridgehead atoms. The second kappa shape index (κ2) is 6.90. The highest BCUT2D eigenvalue weighted by molar-refractivity contribution is 7.98. The number of phenols is 1. The fourth-order valence-corrected chi connectivity index (χ4v) is 2.07. The Balaban J connectivity index is 2.19. The molecule has 0 radical (unpaired) electrons. The Kier molecular flexibility index (Phi) is 4.95. The molecule has 2 aromatic rings. The molecule has 7 nitrogen and oxygen atoms in total. The molecule has 0 saturated heterocycles. The van der Waals surface area contributed by atoms with Crippen molar-refractivity contribution in [1.82, 2.24) is 15.4 Å². The van der Waals surface area contributed by atoms with Crippen LogP contribution >= 0.6 is 11.8 Å². The summed E-state index contributed by atoms with van der Waals surface area (Å²) in [6, 6.07) is 7.74. The Labute approximate surface area is 130 Å². The van der Waals surface area contributed by atoms with Crippen molar-refractivity contribution < 1.29 is 9.90 Å². The van der Waals surface area contributed by atoms with Gasteiger partial charge in [0.2, 0.25) is 0 Å². The van der Waals surface area contributed by atoms with E-state index >= 15 is 0 Å². The predicted octanol–water partition coefficient (Wildman–Crippen LogP) is 1.35. The van der Waals surface area contributed by atoms with Gasteiger partial charge < -0.3 is 10.1 Å². The number of hydrogen-bond donors (Lipinski definition) is 3. The van der Waals surface area contributed by atoms with Gasteiger partial charge in [0.25, 0.3) is 11.5 Å². The average molecular weight is 318 g/mol. The number of hydrazone groups is 1. The molecule has 3 N–H and O–H groups in total. The number of carbonyl (C=O) groups is 1. The molecule has 0 unspecified atom stereocenters. The van der Waals surface area contributed by atoms with Crippen LogP contribution in [-0.4, -0.2) is 32.9 Å². The average Bonchev–Trinajstić information content (AvgIpc) is 2.52. The van der Waals surface area contributed by atoms with Crippen LogP contribution in [0.5, 0.6) is 5.75 Å². The number of aromatic amines is 1. The lowest BCUT2D eigenvalue weighted by Crippen LogP contribution is -2.23. The van der Waals surface area contributed by atoms with E-state index in [1.54, 1.807) is 31.4 Å². The standard InChI is InChI=1S/C14H14N4O3S/c1-8(9-5-3-4-6-11(9)19)17-18-13(21)10-7-12(20)16-14(15-10)22-2/h3-7,19H,1-2H3,(H,18,21)(H,15,16,20)/b17-8+. The van der Waals surface area contributed by atoms with Crippen LogP contribution in [-0.2, 0) is 0 Å². The third kappa shape index (κ3) is 3.73. The molecule has 114 valence electrons. The molecule has 0 spiro atoms. The summed E-state index contributed by atoms with van der Waals surface area (Å²) in [6.45, 7) is 1.65. The van der Waals surface area contributed by atoms with E-state index in [9.17, 15) is 14.7 Å². The number of nitrogens with zero attached hydrogens (tertiary/aromatic N) is 2. The third-order valence-electron chi connectivity index (χ3n) is 2.76. The minimum Gasteiger partial charge on any atom is -0.507 e. The Morgan fingerprint density at radius 1 is 1.41 bits per heavy atom. The van der Waals surface area contributed by atoms with E-state index in [0.717, 1.165) is 6.07 Å². The second-order valence-electron chi connectivity index (χ2n) is 4.30. The summed E-state index contributed by atoms with van der Waals surface area (Å²) in [7, 11) is 0. The number of carbonyl (C=O) groups excluding carboxylic acids is 1. The van der Waals surface area contributed by atoms with Gasteiger partial charge in [0.1, 0.15) is 11.4 Å². The molecule has 1 aromatic carbocycles. The van der Waals surface area contributed by atoms with Gasteiger partial charge in [-0.1, -0.05) is 23.9 Å². The van der Waals surface area contributed by atoms with E-state index in [1.807, 2.05) is 0 Å². The summed E-state index contributed by atoms with van der Waals surface area (Å²) in [4.78, 5) is 29.9. The van der Waals surface area contributed by atoms with Gasteiger partial charge in [-0.2, -0.15) is 5.10 Å². The fraction of sp³-hybridized carbons (Fsp3) is 0.143. The summed E-state index contributed by atoms with van der Waals surface area (Å²) < 4.78 is 0. The summed E-state index contributed by atoms with van der Waals surface area (Å²) in [5, 5.41) is 14.0. The number of thioether (sulfide) groups is 1. The van der Waals surface area contributed by atoms with Crippen molar-refractivity contribution in [1.29, 1.82) is 0 Å². The van der Waals surface area contributed by atoms with E-state index in [2.05, 4.69) is 20.5 Å². The summed E-state index contributed by atoms with van der Waals surface area (Å²) >= 11 is 1.22. The minimum atomic E-state index is -0.601. The van der Waals surface area contributed by atoms with Crippen molar-refractivity contribution in [2.24, 2.45) is 5.10 Å². The highest BCUT2D eigenvalue weighted by Gasteiger charge is 2.10. The van der Waals surface area contributed by atoms with Crippen molar-refractivity contribution in [3.05, 3.63) is 51.9 Å². The predicted molar refractivity (Wildman–Crippen MR) is 84.4 cm³/mol. The number of amides is 1. The van der Waals surface area contributed by atoms with Crippen LogP contribution in [0.25, 0.3) is 0 Å². The van der Waals surface area contributed by atoms with Crippen LogP contribution in [0.2, 0.25) is 0 Å². The van der Waals surface area contributed by atoms with E-state index in [-0.39, 0.29) is 11.4 Å². The molecule has 1 aromatic heterocycles. The Bertz CT molecular complexity index is 786. The number of para-hydroxylation sites is 1. The van der Waals surface area contributed by atoms with Crippen LogP contribution in [0.1, 0.15) is 23.0 Å². The van der Waals surface area contributed by atoms with Crippen LogP contribution in [0.4, 0.5) is 0 Å². The van der Waals surface area contributed by atoms with Crippen molar-refractivity contribution in [2.75, 3.05) is 6.26 Å². The van der Waals surface area contributed by atoms with Crippen molar-refractivity contribution >= 4 is 23.4 Å². The molecule has 0 aliphatic rings. The lowest BCUT2D eigenvalue weighted by atomic mass is 10.1. The quantitative estimate of drug-likeness (QED) is 0.341. The molecule has 0 aliphatic heterocycles. The normalized spacial score (nSPS) is 11.3.